The van der Waals surface area contributed by atoms with Crippen molar-refractivity contribution < 1.29 is 13.9 Å². The number of aromatic nitrogens is 5. The average molecular weight is 697 g/mol. The molecule has 0 aliphatic carbocycles. The van der Waals surface area contributed by atoms with Gasteiger partial charge < -0.3 is 14.5 Å². The molecule has 0 bridgehead atoms. The van der Waals surface area contributed by atoms with Gasteiger partial charge in [0.05, 0.1) is 30.2 Å². The van der Waals surface area contributed by atoms with Gasteiger partial charge in [-0.3, -0.25) is 4.79 Å². The first-order valence-corrected chi connectivity index (χ1v) is 17.0. The van der Waals surface area contributed by atoms with Crippen molar-refractivity contribution in [3.8, 4) is 23.0 Å². The second-order valence-corrected chi connectivity index (χ2v) is 13.8. The van der Waals surface area contributed by atoms with Crippen molar-refractivity contribution in [3.63, 3.8) is 0 Å². The van der Waals surface area contributed by atoms with E-state index in [1.165, 1.54) is 7.11 Å². The molecule has 1 unspecified atom stereocenters. The van der Waals surface area contributed by atoms with Crippen molar-refractivity contribution in [1.82, 2.24) is 24.7 Å². The number of carbonyl (C=O) groups excluding carboxylic acids is 1. The molecule has 10 heteroatoms. The number of nitrogens with zero attached hydrogens (tertiary/aromatic N) is 5. The van der Waals surface area contributed by atoms with Crippen LogP contribution in [0.15, 0.2) is 132 Å². The van der Waals surface area contributed by atoms with Crippen LogP contribution in [-0.4, -0.2) is 43.9 Å². The van der Waals surface area contributed by atoms with Crippen molar-refractivity contribution in [1.29, 1.82) is 0 Å². The van der Waals surface area contributed by atoms with Crippen molar-refractivity contribution in [2.75, 3.05) is 12.4 Å². The molecule has 0 spiro atoms. The highest BCUT2D eigenvalue weighted by molar-refractivity contribution is 6.31. The van der Waals surface area contributed by atoms with Crippen molar-refractivity contribution in [2.45, 2.75) is 38.8 Å². The van der Waals surface area contributed by atoms with Gasteiger partial charge in [0.15, 0.2) is 17.2 Å². The van der Waals surface area contributed by atoms with Crippen molar-refractivity contribution >= 4 is 34.4 Å². The number of hydrogen-bond donors (Lipinski definition) is 1. The molecule has 4 aromatic heterocycles. The number of esters is 1. The molecule has 0 aliphatic rings. The van der Waals surface area contributed by atoms with Gasteiger partial charge in [0.1, 0.15) is 22.7 Å². The molecule has 0 fully saturated rings. The lowest BCUT2D eigenvalue weighted by Gasteiger charge is -2.36. The van der Waals surface area contributed by atoms with Crippen LogP contribution in [0.1, 0.15) is 43.9 Å². The number of halogens is 1. The van der Waals surface area contributed by atoms with E-state index >= 15 is 0 Å². The zero-order valence-electron chi connectivity index (χ0n) is 28.7. The predicted octanol–water partition coefficient (Wildman–Crippen LogP) is 9.03. The number of furan rings is 1. The maximum absolute atomic E-state index is 12.5. The number of methoxy groups -OCH3 is 1. The number of benzene rings is 3. The van der Waals surface area contributed by atoms with Crippen LogP contribution in [0.4, 0.5) is 5.82 Å². The largest absolute Gasteiger partial charge is 0.469 e. The Bertz CT molecular complexity index is 2170. The number of rotatable bonds is 10. The molecule has 7 aromatic rings. The molecule has 0 radical (unpaired) electrons. The van der Waals surface area contributed by atoms with Gasteiger partial charge in [-0.2, -0.15) is 5.10 Å². The molecule has 256 valence electrons. The van der Waals surface area contributed by atoms with Gasteiger partial charge in [0.2, 0.25) is 0 Å². The Morgan fingerprint density at radius 3 is 2.00 bits per heavy atom. The molecule has 0 amide bonds. The van der Waals surface area contributed by atoms with Gasteiger partial charge in [0.25, 0.3) is 0 Å². The highest BCUT2D eigenvalue weighted by Gasteiger charge is 2.42. The molecule has 0 saturated heterocycles. The van der Waals surface area contributed by atoms with E-state index in [-0.39, 0.29) is 23.8 Å². The summed E-state index contributed by atoms with van der Waals surface area (Å²) in [5.41, 5.74) is 3.27. The third kappa shape index (κ3) is 6.48. The van der Waals surface area contributed by atoms with Crippen LogP contribution >= 0.6 is 11.6 Å². The van der Waals surface area contributed by atoms with Crippen LogP contribution in [0.2, 0.25) is 5.02 Å². The molecule has 7 rings (SSSR count). The first kappa shape index (κ1) is 33.7. The molecule has 1 N–H and O–H groups in total. The van der Waals surface area contributed by atoms with E-state index in [1.807, 2.05) is 77.5 Å². The van der Waals surface area contributed by atoms with Crippen LogP contribution in [-0.2, 0) is 15.1 Å². The lowest BCUT2D eigenvalue weighted by Crippen LogP contribution is -2.38. The van der Waals surface area contributed by atoms with Gasteiger partial charge in [-0.25, -0.2) is 19.6 Å². The lowest BCUT2D eigenvalue weighted by molar-refractivity contribution is -0.141. The van der Waals surface area contributed by atoms with Gasteiger partial charge in [-0.1, -0.05) is 123 Å². The minimum atomic E-state index is -0.960. The smallest absolute Gasteiger partial charge is 0.307 e. The van der Waals surface area contributed by atoms with Gasteiger partial charge >= 0.3 is 5.97 Å². The van der Waals surface area contributed by atoms with E-state index < -0.39 is 5.54 Å². The van der Waals surface area contributed by atoms with E-state index in [0.29, 0.717) is 44.8 Å². The number of fused-ring (bicyclic) bond motifs is 1. The average Bonchev–Trinajstić information content (AvgIpc) is 3.82. The molecular formula is C41H37ClN6O3. The monoisotopic (exact) mass is 696 g/mol. The number of pyridine rings is 1. The van der Waals surface area contributed by atoms with Gasteiger partial charge in [-0.15, -0.1) is 0 Å². The van der Waals surface area contributed by atoms with E-state index in [1.54, 1.807) is 18.5 Å². The molecule has 0 aliphatic heterocycles. The van der Waals surface area contributed by atoms with E-state index in [9.17, 15) is 4.79 Å². The molecule has 3 aromatic carbocycles. The highest BCUT2D eigenvalue weighted by atomic mass is 35.5. The van der Waals surface area contributed by atoms with Crippen molar-refractivity contribution in [2.24, 2.45) is 5.41 Å². The second kappa shape index (κ2) is 13.8. The van der Waals surface area contributed by atoms with Crippen LogP contribution in [0.5, 0.6) is 0 Å². The summed E-state index contributed by atoms with van der Waals surface area (Å²) in [4.78, 5) is 27.4. The molecule has 4 heterocycles. The second-order valence-electron chi connectivity index (χ2n) is 13.4. The summed E-state index contributed by atoms with van der Waals surface area (Å²) in [6.45, 7) is 6.17. The van der Waals surface area contributed by atoms with Crippen LogP contribution in [0.3, 0.4) is 0 Å². The fraction of sp³-hybridized carbons (Fsp3) is 0.195. The molecule has 0 saturated carbocycles. The van der Waals surface area contributed by atoms with Crippen LogP contribution in [0, 0.1) is 5.41 Å². The number of hydrogen-bond acceptors (Lipinski definition) is 8. The Kier molecular flexibility index (Phi) is 9.14. The third-order valence-corrected chi connectivity index (χ3v) is 9.27. The summed E-state index contributed by atoms with van der Waals surface area (Å²) in [5.74, 6) is 1.04. The number of nitrogens with one attached hydrogen (secondary N) is 1. The van der Waals surface area contributed by atoms with E-state index in [2.05, 4.69) is 62.5 Å². The Morgan fingerprint density at radius 1 is 0.863 bits per heavy atom. The first-order valence-electron chi connectivity index (χ1n) is 16.7. The molecular weight excluding hydrogens is 660 g/mol. The lowest BCUT2D eigenvalue weighted by atomic mass is 9.77. The molecule has 9 nitrogen and oxygen atoms in total. The standard InChI is InChI=1S/C41H37ClN6O3/c1-40(2,3)34(25-36(49)50-4)45-35-24-32(33-21-14-22-51-33)44-38(46-35)37-31-23-30(42)26-43-39(31)48(47-37)41(27-15-8-5-9-16-27,28-17-10-6-11-18-28)29-19-12-7-13-20-29/h5-24,26,34H,25H2,1-4H3,(H,44,45,46). The summed E-state index contributed by atoms with van der Waals surface area (Å²) >= 11 is 6.67. The third-order valence-electron chi connectivity index (χ3n) is 9.06. The number of carbonyl (C=O) groups is 1. The van der Waals surface area contributed by atoms with Gasteiger partial charge in [0, 0.05) is 18.3 Å². The Labute approximate surface area is 301 Å². The summed E-state index contributed by atoms with van der Waals surface area (Å²) < 4.78 is 12.8. The SMILES string of the molecule is COC(=O)CC(Nc1cc(-c2ccco2)nc(-c2nn(C(c3ccccc3)(c3ccccc3)c3ccccc3)c3ncc(Cl)cc23)n1)C(C)(C)C. The summed E-state index contributed by atoms with van der Waals surface area (Å²) in [6, 6.07) is 37.8. The highest BCUT2D eigenvalue weighted by Crippen LogP contribution is 2.44. The molecule has 1 atom stereocenters. The summed E-state index contributed by atoms with van der Waals surface area (Å²) in [7, 11) is 1.39. The van der Waals surface area contributed by atoms with Gasteiger partial charge in [-0.05, 0) is 40.3 Å². The predicted molar refractivity (Wildman–Crippen MR) is 199 cm³/mol. The maximum atomic E-state index is 12.5. The number of anilines is 1. The maximum Gasteiger partial charge on any atom is 0.307 e. The zero-order valence-corrected chi connectivity index (χ0v) is 29.5. The van der Waals surface area contributed by atoms with Crippen molar-refractivity contribution in [3.05, 3.63) is 149 Å². The summed E-state index contributed by atoms with van der Waals surface area (Å²) in [6.07, 6.45) is 3.37. The minimum Gasteiger partial charge on any atom is -0.469 e. The summed E-state index contributed by atoms with van der Waals surface area (Å²) in [5, 5.41) is 10.0. The molecule has 51 heavy (non-hydrogen) atoms. The first-order chi connectivity index (χ1) is 24.7. The Balaban J connectivity index is 1.52. The number of ether oxygens (including phenoxy) is 1. The van der Waals surface area contributed by atoms with E-state index in [0.717, 1.165) is 16.7 Å². The fourth-order valence-electron chi connectivity index (χ4n) is 6.46. The fourth-order valence-corrected chi connectivity index (χ4v) is 6.62. The van der Waals surface area contributed by atoms with Crippen LogP contribution < -0.4 is 5.32 Å². The zero-order chi connectivity index (χ0) is 35.6. The van der Waals surface area contributed by atoms with Crippen LogP contribution in [0.25, 0.3) is 34.0 Å². The quantitative estimate of drug-likeness (QED) is 0.112. The Morgan fingerprint density at radius 2 is 1.47 bits per heavy atom. The topological polar surface area (TPSA) is 108 Å². The van der Waals surface area contributed by atoms with E-state index in [4.69, 9.17) is 40.8 Å². The normalized spacial score (nSPS) is 12.5. The Hall–Kier alpha value is -5.80. The minimum absolute atomic E-state index is 0.139.